The van der Waals surface area contributed by atoms with E-state index in [1.807, 2.05) is 6.20 Å². The fourth-order valence-corrected chi connectivity index (χ4v) is 4.98. The second kappa shape index (κ2) is 9.08. The minimum absolute atomic E-state index is 0.0483. The van der Waals surface area contributed by atoms with Crippen molar-refractivity contribution in [2.75, 3.05) is 49.6 Å². The Morgan fingerprint density at radius 1 is 1.03 bits per heavy atom. The molecule has 0 radical (unpaired) electrons. The van der Waals surface area contributed by atoms with Crippen LogP contribution in [0.25, 0.3) is 0 Å². The van der Waals surface area contributed by atoms with Gasteiger partial charge in [0.25, 0.3) is 11.8 Å². The summed E-state index contributed by atoms with van der Waals surface area (Å²) in [5.74, 6) is 1.23. The first-order valence-corrected chi connectivity index (χ1v) is 12.1. The predicted octanol–water partition coefficient (Wildman–Crippen LogP) is 2.72. The van der Waals surface area contributed by atoms with Crippen molar-refractivity contribution >= 4 is 29.2 Å². The van der Waals surface area contributed by atoms with Crippen LogP contribution in [0.5, 0.6) is 0 Å². The second-order valence-corrected chi connectivity index (χ2v) is 9.42. The van der Waals surface area contributed by atoms with E-state index in [0.717, 1.165) is 12.2 Å². The van der Waals surface area contributed by atoms with Crippen molar-refractivity contribution in [3.8, 4) is 0 Å². The first kappa shape index (κ1) is 22.4. The highest BCUT2D eigenvalue weighted by atomic mass is 16.2. The third kappa shape index (κ3) is 4.24. The standard InChI is InChI=1S/C26H31N5O3/c1-17-14-19(18-5-6-18)16-28-24(17)29-10-12-30(13-11-29)26(34)21-8-7-20(15-22(21)25(33)27-2)31-9-3-4-23(31)32/h7-8,14-16,18H,3-6,9-13H2,1-2H3,(H,27,33). The first-order chi connectivity index (χ1) is 16.5. The molecule has 3 fully saturated rings. The summed E-state index contributed by atoms with van der Waals surface area (Å²) in [4.78, 5) is 48.6. The van der Waals surface area contributed by atoms with E-state index in [4.69, 9.17) is 4.98 Å². The molecular formula is C26H31N5O3. The maximum Gasteiger partial charge on any atom is 0.254 e. The molecule has 0 spiro atoms. The number of aromatic nitrogens is 1. The van der Waals surface area contributed by atoms with Crippen LogP contribution in [0.15, 0.2) is 30.5 Å². The van der Waals surface area contributed by atoms with Gasteiger partial charge in [0.15, 0.2) is 0 Å². The lowest BCUT2D eigenvalue weighted by molar-refractivity contribution is -0.117. The lowest BCUT2D eigenvalue weighted by atomic mass is 10.0. The number of carbonyl (C=O) groups excluding carboxylic acids is 3. The smallest absolute Gasteiger partial charge is 0.254 e. The van der Waals surface area contributed by atoms with Crippen LogP contribution in [0.2, 0.25) is 0 Å². The van der Waals surface area contributed by atoms with Crippen molar-refractivity contribution in [1.82, 2.24) is 15.2 Å². The zero-order valence-electron chi connectivity index (χ0n) is 19.8. The van der Waals surface area contributed by atoms with Crippen LogP contribution in [-0.4, -0.2) is 67.4 Å². The number of piperazine rings is 1. The molecule has 8 heteroatoms. The van der Waals surface area contributed by atoms with Crippen molar-refractivity contribution in [2.24, 2.45) is 0 Å². The molecule has 1 aromatic heterocycles. The number of carbonyl (C=O) groups is 3. The molecule has 1 aromatic carbocycles. The molecule has 0 bridgehead atoms. The summed E-state index contributed by atoms with van der Waals surface area (Å²) in [6.45, 7) is 5.24. The number of anilines is 2. The molecule has 3 amide bonds. The normalized spacial score (nSPS) is 18.4. The van der Waals surface area contributed by atoms with Gasteiger partial charge in [0.05, 0.1) is 11.1 Å². The Hall–Kier alpha value is -3.42. The Morgan fingerprint density at radius 2 is 1.79 bits per heavy atom. The molecule has 3 aliphatic rings. The molecule has 8 nitrogen and oxygen atoms in total. The lowest BCUT2D eigenvalue weighted by Crippen LogP contribution is -2.49. The SMILES string of the molecule is CNC(=O)c1cc(N2CCCC2=O)ccc1C(=O)N1CCN(c2ncc(C3CC3)cc2C)CC1. The van der Waals surface area contributed by atoms with E-state index in [-0.39, 0.29) is 17.7 Å². The number of aryl methyl sites for hydroxylation is 1. The molecular weight excluding hydrogens is 430 g/mol. The molecule has 2 aromatic rings. The molecule has 3 heterocycles. The van der Waals surface area contributed by atoms with Gasteiger partial charge in [-0.3, -0.25) is 14.4 Å². The van der Waals surface area contributed by atoms with Crippen molar-refractivity contribution in [3.63, 3.8) is 0 Å². The highest BCUT2D eigenvalue weighted by molar-refractivity contribution is 6.08. The number of hydrogen-bond acceptors (Lipinski definition) is 5. The van der Waals surface area contributed by atoms with E-state index >= 15 is 0 Å². The van der Waals surface area contributed by atoms with Gasteiger partial charge >= 0.3 is 0 Å². The topological polar surface area (TPSA) is 85.8 Å². The van der Waals surface area contributed by atoms with Crippen LogP contribution >= 0.6 is 0 Å². The highest BCUT2D eigenvalue weighted by Crippen LogP contribution is 2.40. The zero-order valence-corrected chi connectivity index (χ0v) is 19.8. The second-order valence-electron chi connectivity index (χ2n) is 9.42. The molecule has 1 saturated carbocycles. The van der Waals surface area contributed by atoms with Crippen LogP contribution in [-0.2, 0) is 4.79 Å². The van der Waals surface area contributed by atoms with E-state index in [9.17, 15) is 14.4 Å². The third-order valence-corrected chi connectivity index (χ3v) is 7.08. The number of benzene rings is 1. The lowest BCUT2D eigenvalue weighted by Gasteiger charge is -2.36. The van der Waals surface area contributed by atoms with Gasteiger partial charge in [0.2, 0.25) is 5.91 Å². The Kier molecular flexibility index (Phi) is 5.98. The van der Waals surface area contributed by atoms with Gasteiger partial charge in [0, 0.05) is 58.1 Å². The summed E-state index contributed by atoms with van der Waals surface area (Å²) in [6, 6.07) is 7.37. The van der Waals surface area contributed by atoms with E-state index in [1.54, 1.807) is 35.0 Å². The first-order valence-electron chi connectivity index (χ1n) is 12.1. The summed E-state index contributed by atoms with van der Waals surface area (Å²) in [5.41, 5.74) is 3.85. The minimum atomic E-state index is -0.328. The molecule has 1 N–H and O–H groups in total. The van der Waals surface area contributed by atoms with Crippen molar-refractivity contribution in [3.05, 3.63) is 52.7 Å². The van der Waals surface area contributed by atoms with Crippen LogP contribution in [0.4, 0.5) is 11.5 Å². The third-order valence-electron chi connectivity index (χ3n) is 7.08. The number of nitrogens with zero attached hydrogens (tertiary/aromatic N) is 4. The minimum Gasteiger partial charge on any atom is -0.355 e. The highest BCUT2D eigenvalue weighted by Gasteiger charge is 2.29. The average Bonchev–Trinajstić information content (AvgIpc) is 3.63. The summed E-state index contributed by atoms with van der Waals surface area (Å²) in [6.07, 6.45) is 5.83. The fraction of sp³-hybridized carbons (Fsp3) is 0.462. The number of hydrogen-bond donors (Lipinski definition) is 1. The number of nitrogens with one attached hydrogen (secondary N) is 1. The van der Waals surface area contributed by atoms with Gasteiger partial charge in [-0.15, -0.1) is 0 Å². The summed E-state index contributed by atoms with van der Waals surface area (Å²) < 4.78 is 0. The Balaban J connectivity index is 1.31. The number of pyridine rings is 1. The molecule has 34 heavy (non-hydrogen) atoms. The quantitative estimate of drug-likeness (QED) is 0.740. The van der Waals surface area contributed by atoms with E-state index < -0.39 is 0 Å². The van der Waals surface area contributed by atoms with Crippen molar-refractivity contribution in [1.29, 1.82) is 0 Å². The van der Waals surface area contributed by atoms with Crippen molar-refractivity contribution < 1.29 is 14.4 Å². The zero-order chi connectivity index (χ0) is 23.8. The summed E-state index contributed by atoms with van der Waals surface area (Å²) >= 11 is 0. The van der Waals surface area contributed by atoms with E-state index in [2.05, 4.69) is 23.2 Å². The molecule has 1 aliphatic carbocycles. The summed E-state index contributed by atoms with van der Waals surface area (Å²) in [5, 5.41) is 2.63. The molecule has 2 saturated heterocycles. The van der Waals surface area contributed by atoms with Gasteiger partial charge in [-0.1, -0.05) is 6.07 Å². The van der Waals surface area contributed by atoms with Crippen LogP contribution in [0.3, 0.4) is 0 Å². The fourth-order valence-electron chi connectivity index (χ4n) is 4.98. The average molecular weight is 462 g/mol. The maximum atomic E-state index is 13.4. The summed E-state index contributed by atoms with van der Waals surface area (Å²) in [7, 11) is 1.55. The van der Waals surface area contributed by atoms with Crippen molar-refractivity contribution in [2.45, 2.75) is 38.5 Å². The Bertz CT molecular complexity index is 1140. The largest absolute Gasteiger partial charge is 0.355 e. The maximum absolute atomic E-state index is 13.4. The molecule has 0 unspecified atom stereocenters. The van der Waals surface area contributed by atoms with Gasteiger partial charge in [-0.05, 0) is 61.4 Å². The predicted molar refractivity (Wildman–Crippen MR) is 130 cm³/mol. The molecule has 178 valence electrons. The molecule has 2 aliphatic heterocycles. The van der Waals surface area contributed by atoms with Gasteiger partial charge in [-0.25, -0.2) is 4.98 Å². The van der Waals surface area contributed by atoms with Gasteiger partial charge in [0.1, 0.15) is 5.82 Å². The van der Waals surface area contributed by atoms with E-state index in [0.29, 0.717) is 61.9 Å². The molecule has 0 atom stereocenters. The van der Waals surface area contributed by atoms with Gasteiger partial charge < -0.3 is 20.0 Å². The Labute approximate surface area is 199 Å². The monoisotopic (exact) mass is 461 g/mol. The van der Waals surface area contributed by atoms with Crippen LogP contribution in [0, 0.1) is 6.92 Å². The number of amides is 3. The van der Waals surface area contributed by atoms with Crippen LogP contribution < -0.4 is 15.1 Å². The number of rotatable bonds is 5. The molecule has 5 rings (SSSR count). The van der Waals surface area contributed by atoms with Crippen LogP contribution in [0.1, 0.15) is 63.4 Å². The Morgan fingerprint density at radius 3 is 2.41 bits per heavy atom. The van der Waals surface area contributed by atoms with Gasteiger partial charge in [-0.2, -0.15) is 0 Å². The van der Waals surface area contributed by atoms with E-state index in [1.165, 1.54) is 24.0 Å².